The molecule has 3 rings (SSSR count). The lowest BCUT2D eigenvalue weighted by molar-refractivity contribution is -0.124. The minimum Gasteiger partial charge on any atom is -0.497 e. The highest BCUT2D eigenvalue weighted by atomic mass is 16.5. The molecule has 3 N–H and O–H groups in total. The second-order valence-corrected chi connectivity index (χ2v) is 5.90. The van der Waals surface area contributed by atoms with E-state index in [4.69, 9.17) is 9.94 Å². The third-order valence-corrected chi connectivity index (χ3v) is 4.01. The summed E-state index contributed by atoms with van der Waals surface area (Å²) in [5, 5.41) is 11.7. The average Bonchev–Trinajstić information content (AvgIpc) is 2.77. The Hall–Kier alpha value is -3.71. The fourth-order valence-electron chi connectivity index (χ4n) is 2.50. The monoisotopic (exact) mass is 376 g/mol. The first-order chi connectivity index (χ1) is 13.7. The standard InChI is InChI=1S/C21H20N4O3/c1-28-18-9-7-17(8-10-18)19-12-13-22-21(24-19)23-14-16-4-2-15(3-5-16)6-11-20(26)25-27/h2-13,27H,14H2,1H3,(H,25,26)(H,22,23,24). The van der Waals surface area contributed by atoms with Crippen molar-refractivity contribution in [3.05, 3.63) is 78.0 Å². The first kappa shape index (κ1) is 19.1. The number of nitrogens with zero attached hydrogens (tertiary/aromatic N) is 2. The number of benzene rings is 2. The van der Waals surface area contributed by atoms with E-state index in [-0.39, 0.29) is 0 Å². The van der Waals surface area contributed by atoms with Gasteiger partial charge in [0.05, 0.1) is 12.8 Å². The Kier molecular flexibility index (Phi) is 6.33. The van der Waals surface area contributed by atoms with Gasteiger partial charge < -0.3 is 10.1 Å². The molecule has 2 aromatic carbocycles. The normalized spacial score (nSPS) is 10.6. The van der Waals surface area contributed by atoms with Crippen LogP contribution in [0.5, 0.6) is 5.75 Å². The topological polar surface area (TPSA) is 96.4 Å². The third kappa shape index (κ3) is 5.15. The molecule has 0 saturated carbocycles. The van der Waals surface area contributed by atoms with E-state index >= 15 is 0 Å². The molecule has 1 aromatic heterocycles. The maximum absolute atomic E-state index is 11.0. The number of ether oxygens (including phenoxy) is 1. The van der Waals surface area contributed by atoms with Gasteiger partial charge in [0, 0.05) is 24.4 Å². The lowest BCUT2D eigenvalue weighted by atomic mass is 10.1. The number of anilines is 1. The van der Waals surface area contributed by atoms with Gasteiger partial charge in [0.2, 0.25) is 5.95 Å². The Balaban J connectivity index is 1.63. The molecule has 0 saturated heterocycles. The van der Waals surface area contributed by atoms with Crippen molar-refractivity contribution >= 4 is 17.9 Å². The summed E-state index contributed by atoms with van der Waals surface area (Å²) in [6.07, 6.45) is 4.59. The van der Waals surface area contributed by atoms with E-state index in [1.165, 1.54) is 6.08 Å². The molecule has 0 atom stereocenters. The average molecular weight is 376 g/mol. The second-order valence-electron chi connectivity index (χ2n) is 5.90. The van der Waals surface area contributed by atoms with Gasteiger partial charge in [-0.15, -0.1) is 0 Å². The van der Waals surface area contributed by atoms with E-state index in [0.717, 1.165) is 28.1 Å². The molecular weight excluding hydrogens is 356 g/mol. The summed E-state index contributed by atoms with van der Waals surface area (Å²) in [6.45, 7) is 0.563. The van der Waals surface area contributed by atoms with Crippen molar-refractivity contribution in [1.29, 1.82) is 0 Å². The van der Waals surface area contributed by atoms with Gasteiger partial charge in [-0.3, -0.25) is 10.0 Å². The molecule has 0 aliphatic rings. The number of methoxy groups -OCH3 is 1. The van der Waals surface area contributed by atoms with Crippen LogP contribution < -0.4 is 15.5 Å². The molecule has 0 unspecified atom stereocenters. The van der Waals surface area contributed by atoms with Gasteiger partial charge in [0.15, 0.2) is 0 Å². The molecule has 0 bridgehead atoms. The van der Waals surface area contributed by atoms with Crippen LogP contribution in [0.25, 0.3) is 17.3 Å². The number of hydrogen-bond donors (Lipinski definition) is 3. The van der Waals surface area contributed by atoms with Gasteiger partial charge in [-0.05, 0) is 47.5 Å². The van der Waals surface area contributed by atoms with Crippen molar-refractivity contribution in [2.75, 3.05) is 12.4 Å². The van der Waals surface area contributed by atoms with Crippen molar-refractivity contribution in [1.82, 2.24) is 15.4 Å². The van der Waals surface area contributed by atoms with Crippen molar-refractivity contribution in [3.8, 4) is 17.0 Å². The molecule has 28 heavy (non-hydrogen) atoms. The van der Waals surface area contributed by atoms with E-state index in [2.05, 4.69) is 15.3 Å². The van der Waals surface area contributed by atoms with Gasteiger partial charge in [-0.2, -0.15) is 0 Å². The molecule has 0 aliphatic heterocycles. The van der Waals surface area contributed by atoms with Crippen LogP contribution in [-0.2, 0) is 11.3 Å². The number of hydroxylamine groups is 1. The highest BCUT2D eigenvalue weighted by Gasteiger charge is 2.03. The van der Waals surface area contributed by atoms with E-state index in [1.807, 2.05) is 54.6 Å². The van der Waals surface area contributed by atoms with E-state index in [0.29, 0.717) is 12.5 Å². The molecule has 3 aromatic rings. The number of aromatic nitrogens is 2. The molecule has 1 amide bonds. The van der Waals surface area contributed by atoms with Crippen molar-refractivity contribution < 1.29 is 14.7 Å². The Labute approximate surface area is 162 Å². The largest absolute Gasteiger partial charge is 0.497 e. The molecule has 0 aliphatic carbocycles. The van der Waals surface area contributed by atoms with Gasteiger partial charge in [-0.25, -0.2) is 15.4 Å². The maximum Gasteiger partial charge on any atom is 0.267 e. The number of carbonyl (C=O) groups is 1. The van der Waals surface area contributed by atoms with Crippen LogP contribution in [-0.4, -0.2) is 28.2 Å². The second kappa shape index (κ2) is 9.29. The highest BCUT2D eigenvalue weighted by Crippen LogP contribution is 2.21. The van der Waals surface area contributed by atoms with E-state index in [9.17, 15) is 4.79 Å². The zero-order valence-corrected chi connectivity index (χ0v) is 15.3. The summed E-state index contributed by atoms with van der Waals surface area (Å²) < 4.78 is 5.18. The summed E-state index contributed by atoms with van der Waals surface area (Å²) in [4.78, 5) is 19.8. The molecule has 7 heteroatoms. The molecule has 0 fully saturated rings. The number of amides is 1. The van der Waals surface area contributed by atoms with Gasteiger partial charge in [-0.1, -0.05) is 24.3 Å². The smallest absolute Gasteiger partial charge is 0.267 e. The molecule has 0 radical (unpaired) electrons. The van der Waals surface area contributed by atoms with Crippen molar-refractivity contribution in [2.45, 2.75) is 6.54 Å². The number of nitrogens with one attached hydrogen (secondary N) is 2. The van der Waals surface area contributed by atoms with Crippen molar-refractivity contribution in [3.63, 3.8) is 0 Å². The highest BCUT2D eigenvalue weighted by molar-refractivity contribution is 5.90. The van der Waals surface area contributed by atoms with E-state index in [1.54, 1.807) is 24.9 Å². The number of rotatable bonds is 7. The quantitative estimate of drug-likeness (QED) is 0.333. The Morgan fingerprint density at radius 1 is 1.11 bits per heavy atom. The van der Waals surface area contributed by atoms with Crippen LogP contribution in [0.4, 0.5) is 5.95 Å². The van der Waals surface area contributed by atoms with Gasteiger partial charge in [0.1, 0.15) is 5.75 Å². The summed E-state index contributed by atoms with van der Waals surface area (Å²) >= 11 is 0. The summed E-state index contributed by atoms with van der Waals surface area (Å²) in [5.74, 6) is 0.767. The third-order valence-electron chi connectivity index (χ3n) is 4.01. The molecule has 0 spiro atoms. The van der Waals surface area contributed by atoms with Crippen LogP contribution in [0.3, 0.4) is 0 Å². The first-order valence-corrected chi connectivity index (χ1v) is 8.60. The predicted molar refractivity (Wildman–Crippen MR) is 107 cm³/mol. The first-order valence-electron chi connectivity index (χ1n) is 8.60. The minimum atomic E-state index is -0.570. The molecule has 1 heterocycles. The van der Waals surface area contributed by atoms with Gasteiger partial charge >= 0.3 is 0 Å². The predicted octanol–water partition coefficient (Wildman–Crippen LogP) is 3.28. The fourth-order valence-corrected chi connectivity index (χ4v) is 2.50. The van der Waals surface area contributed by atoms with Crippen LogP contribution >= 0.6 is 0 Å². The lowest BCUT2D eigenvalue weighted by Crippen LogP contribution is -2.14. The van der Waals surface area contributed by atoms with Crippen LogP contribution in [0.15, 0.2) is 66.9 Å². The fraction of sp³-hybridized carbons (Fsp3) is 0.0952. The molecular formula is C21H20N4O3. The SMILES string of the molecule is COc1ccc(-c2ccnc(NCc3ccc(C=CC(=O)NO)cc3)n2)cc1. The Morgan fingerprint density at radius 2 is 1.86 bits per heavy atom. The van der Waals surface area contributed by atoms with Gasteiger partial charge in [0.25, 0.3) is 5.91 Å². The van der Waals surface area contributed by atoms with Crippen molar-refractivity contribution in [2.24, 2.45) is 0 Å². The van der Waals surface area contributed by atoms with E-state index < -0.39 is 5.91 Å². The number of hydrogen-bond acceptors (Lipinski definition) is 6. The van der Waals surface area contributed by atoms with Crippen LogP contribution in [0, 0.1) is 0 Å². The zero-order valence-electron chi connectivity index (χ0n) is 15.3. The molecule has 7 nitrogen and oxygen atoms in total. The Morgan fingerprint density at radius 3 is 2.54 bits per heavy atom. The van der Waals surface area contributed by atoms with Crippen LogP contribution in [0.2, 0.25) is 0 Å². The molecule has 142 valence electrons. The van der Waals surface area contributed by atoms with Crippen LogP contribution in [0.1, 0.15) is 11.1 Å². The summed E-state index contributed by atoms with van der Waals surface area (Å²) in [5.41, 5.74) is 5.25. The lowest BCUT2D eigenvalue weighted by Gasteiger charge is -2.08. The maximum atomic E-state index is 11.0. The summed E-state index contributed by atoms with van der Waals surface area (Å²) in [6, 6.07) is 17.2. The zero-order chi connectivity index (χ0) is 19.8. The Bertz CT molecular complexity index is 954. The number of carbonyl (C=O) groups excluding carboxylic acids is 1. The minimum absolute atomic E-state index is 0.539. The summed E-state index contributed by atoms with van der Waals surface area (Å²) in [7, 11) is 1.64.